The number of amides is 4. The summed E-state index contributed by atoms with van der Waals surface area (Å²) < 4.78 is 0. The zero-order valence-corrected chi connectivity index (χ0v) is 28.8. The van der Waals surface area contributed by atoms with Crippen LogP contribution in [0.2, 0.25) is 0 Å². The Labute approximate surface area is 301 Å². The number of aromatic amines is 1. The van der Waals surface area contributed by atoms with Crippen molar-refractivity contribution in [2.45, 2.75) is 11.8 Å². The van der Waals surface area contributed by atoms with E-state index in [4.69, 9.17) is 0 Å². The minimum absolute atomic E-state index is 0.00358. The number of benzene rings is 4. The van der Waals surface area contributed by atoms with Crippen LogP contribution in [0, 0.1) is 18.3 Å². The Balaban J connectivity index is 1.13. The van der Waals surface area contributed by atoms with E-state index in [1.807, 2.05) is 30.3 Å². The van der Waals surface area contributed by atoms with E-state index in [1.54, 1.807) is 98.1 Å². The predicted octanol–water partition coefficient (Wildman–Crippen LogP) is 7.80. The summed E-state index contributed by atoms with van der Waals surface area (Å²) in [5.41, 5.74) is 3.85. The smallest absolute Gasteiger partial charge is 0.272 e. The molecule has 0 spiro atoms. The maximum atomic E-state index is 13.6. The molecule has 0 unspecified atom stereocenters. The monoisotopic (exact) mass is 710 g/mol. The average Bonchev–Trinajstić information content (AvgIpc) is 3.70. The zero-order chi connectivity index (χ0) is 35.7. The Hall–Kier alpha value is -6.42. The van der Waals surface area contributed by atoms with Crippen LogP contribution in [0.5, 0.6) is 0 Å². The van der Waals surface area contributed by atoms with Crippen molar-refractivity contribution >= 4 is 80.1 Å². The van der Waals surface area contributed by atoms with Gasteiger partial charge < -0.3 is 26.3 Å². The number of anilines is 3. The highest BCUT2D eigenvalue weighted by Gasteiger charge is 2.22. The number of thiophene rings is 1. The number of aromatic nitrogens is 1. The summed E-state index contributed by atoms with van der Waals surface area (Å²) in [7, 11) is 0. The Morgan fingerprint density at radius 1 is 0.824 bits per heavy atom. The van der Waals surface area contributed by atoms with Crippen LogP contribution >= 0.6 is 23.1 Å². The fraction of sp³-hybridized carbons (Fsp3) is 0.0513. The molecule has 0 bridgehead atoms. The number of hydrogen-bond donors (Lipinski definition) is 5. The molecular weight excluding hydrogens is 681 g/mol. The summed E-state index contributed by atoms with van der Waals surface area (Å²) in [4.78, 5) is 56.9. The van der Waals surface area contributed by atoms with Gasteiger partial charge in [-0.25, -0.2) is 0 Å². The lowest BCUT2D eigenvalue weighted by Crippen LogP contribution is -2.30. The minimum atomic E-state index is -0.534. The van der Waals surface area contributed by atoms with Crippen LogP contribution in [0.15, 0.2) is 126 Å². The third kappa shape index (κ3) is 8.42. The number of H-pyrrole nitrogens is 1. The molecule has 51 heavy (non-hydrogen) atoms. The van der Waals surface area contributed by atoms with Gasteiger partial charge in [0.1, 0.15) is 16.8 Å². The van der Waals surface area contributed by atoms with Gasteiger partial charge in [0.15, 0.2) is 0 Å². The normalized spacial score (nSPS) is 11.0. The maximum absolute atomic E-state index is 13.6. The molecule has 2 aromatic heterocycles. The number of carbonyl (C=O) groups is 4. The largest absolute Gasteiger partial charge is 0.361 e. The molecule has 5 N–H and O–H groups in total. The number of nitrogens with one attached hydrogen (secondary N) is 5. The molecule has 12 heteroatoms. The summed E-state index contributed by atoms with van der Waals surface area (Å²) in [6.45, 7) is 1.67. The molecule has 0 radical (unpaired) electrons. The molecule has 4 aromatic carbocycles. The number of carbonyl (C=O) groups excluding carboxylic acids is 4. The second kappa shape index (κ2) is 15.9. The molecule has 0 aliphatic rings. The van der Waals surface area contributed by atoms with Gasteiger partial charge in [-0.2, -0.15) is 5.26 Å². The molecule has 0 aliphatic carbocycles. The first-order valence-corrected chi connectivity index (χ1v) is 17.5. The number of para-hydroxylation sites is 2. The molecule has 0 saturated carbocycles. The molecule has 2 heterocycles. The van der Waals surface area contributed by atoms with Crippen LogP contribution in [0.4, 0.5) is 16.4 Å². The van der Waals surface area contributed by atoms with Crippen LogP contribution < -0.4 is 21.3 Å². The van der Waals surface area contributed by atoms with E-state index in [2.05, 4.69) is 32.3 Å². The molecule has 252 valence electrons. The van der Waals surface area contributed by atoms with Gasteiger partial charge in [-0.3, -0.25) is 19.2 Å². The first-order chi connectivity index (χ1) is 24.8. The van der Waals surface area contributed by atoms with E-state index in [1.165, 1.54) is 11.8 Å². The van der Waals surface area contributed by atoms with Gasteiger partial charge in [0, 0.05) is 44.5 Å². The fourth-order valence-electron chi connectivity index (χ4n) is 5.15. The number of rotatable bonds is 11. The van der Waals surface area contributed by atoms with Crippen molar-refractivity contribution in [1.82, 2.24) is 10.3 Å². The molecule has 6 aromatic rings. The quantitative estimate of drug-likeness (QED) is 0.0683. The van der Waals surface area contributed by atoms with Gasteiger partial charge in [-0.1, -0.05) is 60.7 Å². The average molecular weight is 711 g/mol. The lowest BCUT2D eigenvalue weighted by Gasteiger charge is -2.12. The van der Waals surface area contributed by atoms with Crippen molar-refractivity contribution in [1.29, 1.82) is 5.26 Å². The maximum Gasteiger partial charge on any atom is 0.272 e. The summed E-state index contributed by atoms with van der Waals surface area (Å²) >= 11 is 2.28. The van der Waals surface area contributed by atoms with Crippen molar-refractivity contribution in [2.75, 3.05) is 21.7 Å². The van der Waals surface area contributed by atoms with Gasteiger partial charge in [-0.05, 0) is 67.1 Å². The van der Waals surface area contributed by atoms with Gasteiger partial charge in [-0.15, -0.1) is 23.1 Å². The highest BCUT2D eigenvalue weighted by atomic mass is 32.2. The molecule has 6 rings (SSSR count). The first kappa shape index (κ1) is 34.4. The zero-order valence-electron chi connectivity index (χ0n) is 27.2. The standard InChI is InChI=1S/C39H30N6O4S2/c1-24-31(21-40)39(51-35(24)38(49)42-27-13-6-3-7-14-27)45-34(46)23-50-29-16-10-15-28(20-29)43-37(48)33(44-36(47)25-11-4-2-5-12-25)19-26-22-41-32-18-9-8-17-30(26)32/h2-20,22,41H,23H2,1H3,(H,42,49)(H,43,48)(H,44,47)(H,45,46)/b33-19-. The summed E-state index contributed by atoms with van der Waals surface area (Å²) in [6, 6.07) is 34.3. The number of nitriles is 1. The van der Waals surface area contributed by atoms with E-state index in [0.717, 1.165) is 27.8 Å². The molecule has 0 saturated heterocycles. The lowest BCUT2D eigenvalue weighted by atomic mass is 10.1. The van der Waals surface area contributed by atoms with Crippen LogP contribution in [0.25, 0.3) is 17.0 Å². The second-order valence-corrected chi connectivity index (χ2v) is 13.2. The Bertz CT molecular complexity index is 2320. The number of fused-ring (bicyclic) bond motifs is 1. The van der Waals surface area contributed by atoms with Crippen LogP contribution in [-0.4, -0.2) is 34.4 Å². The molecule has 0 atom stereocenters. The van der Waals surface area contributed by atoms with Crippen LogP contribution in [0.1, 0.15) is 36.7 Å². The van der Waals surface area contributed by atoms with E-state index < -0.39 is 11.8 Å². The molecular formula is C39H30N6O4S2. The topological polar surface area (TPSA) is 156 Å². The van der Waals surface area contributed by atoms with E-state index >= 15 is 0 Å². The van der Waals surface area contributed by atoms with Crippen molar-refractivity contribution in [3.8, 4) is 6.07 Å². The van der Waals surface area contributed by atoms with Crippen molar-refractivity contribution < 1.29 is 19.2 Å². The number of nitrogens with zero attached hydrogens (tertiary/aromatic N) is 1. The number of thioether (sulfide) groups is 1. The van der Waals surface area contributed by atoms with Crippen LogP contribution in [-0.2, 0) is 9.59 Å². The molecule has 0 fully saturated rings. The van der Waals surface area contributed by atoms with Gasteiger partial charge in [0.25, 0.3) is 17.7 Å². The highest BCUT2D eigenvalue weighted by molar-refractivity contribution is 8.00. The van der Waals surface area contributed by atoms with Gasteiger partial charge in [0.05, 0.1) is 16.2 Å². The molecule has 10 nitrogen and oxygen atoms in total. The third-order valence-electron chi connectivity index (χ3n) is 7.66. The number of hydrogen-bond acceptors (Lipinski definition) is 7. The summed E-state index contributed by atoms with van der Waals surface area (Å²) in [6.07, 6.45) is 3.39. The predicted molar refractivity (Wildman–Crippen MR) is 203 cm³/mol. The fourth-order valence-corrected chi connectivity index (χ4v) is 6.97. The molecule has 0 aliphatic heterocycles. The minimum Gasteiger partial charge on any atom is -0.361 e. The van der Waals surface area contributed by atoms with E-state index in [9.17, 15) is 24.4 Å². The third-order valence-corrected chi connectivity index (χ3v) is 9.86. The van der Waals surface area contributed by atoms with Gasteiger partial charge in [0.2, 0.25) is 5.91 Å². The highest BCUT2D eigenvalue weighted by Crippen LogP contribution is 2.33. The Morgan fingerprint density at radius 3 is 2.29 bits per heavy atom. The van der Waals surface area contributed by atoms with Crippen LogP contribution in [0.3, 0.4) is 0 Å². The lowest BCUT2D eigenvalue weighted by molar-refractivity contribution is -0.114. The van der Waals surface area contributed by atoms with Crippen molar-refractivity contribution in [3.05, 3.63) is 148 Å². The van der Waals surface area contributed by atoms with E-state index in [-0.39, 0.29) is 28.8 Å². The second-order valence-electron chi connectivity index (χ2n) is 11.2. The van der Waals surface area contributed by atoms with Crippen molar-refractivity contribution in [3.63, 3.8) is 0 Å². The molecule has 4 amide bonds. The van der Waals surface area contributed by atoms with Gasteiger partial charge >= 0.3 is 0 Å². The first-order valence-electron chi connectivity index (χ1n) is 15.7. The van der Waals surface area contributed by atoms with Crippen molar-refractivity contribution in [2.24, 2.45) is 0 Å². The van der Waals surface area contributed by atoms with E-state index in [0.29, 0.717) is 37.3 Å². The SMILES string of the molecule is Cc1c(C(=O)Nc2ccccc2)sc(NC(=O)CSc2cccc(NC(=O)/C(=C/c3c[nH]c4ccccc34)NC(=O)c3ccccc3)c2)c1C#N. The summed E-state index contributed by atoms with van der Waals surface area (Å²) in [5.74, 6) is -1.70. The summed E-state index contributed by atoms with van der Waals surface area (Å²) in [5, 5.41) is 22.2. The Kier molecular flexibility index (Phi) is 10.7. The Morgan fingerprint density at radius 2 is 1.53 bits per heavy atom.